The molecule has 0 aliphatic heterocycles. The Kier molecular flexibility index (Phi) is 5.87. The van der Waals surface area contributed by atoms with Gasteiger partial charge >= 0.3 is 0 Å². The first-order chi connectivity index (χ1) is 24.3. The molecule has 4 heterocycles. The molecule has 0 bridgehead atoms. The Balaban J connectivity index is 1.32. The molecule has 0 saturated carbocycles. The predicted molar refractivity (Wildman–Crippen MR) is 201 cm³/mol. The Morgan fingerprint density at radius 2 is 1.14 bits per heavy atom. The van der Waals surface area contributed by atoms with Crippen molar-refractivity contribution in [2.24, 2.45) is 0 Å². The second-order valence-electron chi connectivity index (χ2n) is 12.3. The zero-order valence-electron chi connectivity index (χ0n) is 26.2. The molecule has 10 rings (SSSR count). The molecule has 5 nitrogen and oxygen atoms in total. The minimum atomic E-state index is 0.621. The van der Waals surface area contributed by atoms with E-state index in [1.165, 1.54) is 32.7 Å². The zero-order valence-corrected chi connectivity index (χ0v) is 26.2. The van der Waals surface area contributed by atoms with Crippen molar-refractivity contribution >= 4 is 70.8 Å². The number of benzene rings is 6. The maximum Gasteiger partial charge on any atom is 0.188 e. The van der Waals surface area contributed by atoms with Gasteiger partial charge < -0.3 is 4.57 Å². The van der Waals surface area contributed by atoms with Crippen molar-refractivity contribution in [1.29, 1.82) is 0 Å². The topological polar surface area (TPSA) is 48.0 Å². The van der Waals surface area contributed by atoms with Crippen molar-refractivity contribution < 1.29 is 0 Å². The fourth-order valence-corrected chi connectivity index (χ4v) is 7.71. The predicted octanol–water partition coefficient (Wildman–Crippen LogP) is 11.5. The summed E-state index contributed by atoms with van der Waals surface area (Å²) in [7, 11) is 0. The summed E-state index contributed by atoms with van der Waals surface area (Å²) in [6.45, 7) is 7.74. The summed E-state index contributed by atoms with van der Waals surface area (Å²) in [6.07, 6.45) is 7.36. The highest BCUT2D eigenvalue weighted by Gasteiger charge is 2.21. The molecule has 0 spiro atoms. The van der Waals surface area contributed by atoms with Gasteiger partial charge in [0, 0.05) is 34.7 Å². The van der Waals surface area contributed by atoms with Crippen molar-refractivity contribution in [3.8, 4) is 27.9 Å². The van der Waals surface area contributed by atoms with E-state index in [4.69, 9.17) is 16.5 Å². The minimum Gasteiger partial charge on any atom is -0.308 e. The van der Waals surface area contributed by atoms with E-state index in [1.807, 2.05) is 55.0 Å². The first-order valence-electron chi connectivity index (χ1n) is 16.2. The van der Waals surface area contributed by atoms with Crippen LogP contribution in [0.1, 0.15) is 0 Å². The summed E-state index contributed by atoms with van der Waals surface area (Å²) in [5.74, 6) is 0. The monoisotopic (exact) mass is 623 g/mol. The van der Waals surface area contributed by atoms with Crippen LogP contribution in [0.5, 0.6) is 0 Å². The highest BCUT2D eigenvalue weighted by molar-refractivity contribution is 6.25. The summed E-state index contributed by atoms with van der Waals surface area (Å²) in [5.41, 5.74) is 10.2. The maximum absolute atomic E-state index is 7.74. The van der Waals surface area contributed by atoms with Crippen LogP contribution >= 0.6 is 0 Å². The number of hydrogen-bond donors (Lipinski definition) is 0. The molecule has 0 aliphatic rings. The summed E-state index contributed by atoms with van der Waals surface area (Å²) in [4.78, 5) is 17.7. The van der Waals surface area contributed by atoms with E-state index in [0.717, 1.165) is 60.4 Å². The van der Waals surface area contributed by atoms with Crippen LogP contribution in [0.3, 0.4) is 0 Å². The van der Waals surface area contributed by atoms with Crippen LogP contribution in [0.2, 0.25) is 0 Å². The molecule has 0 N–H and O–H groups in total. The average Bonchev–Trinajstić information content (AvgIpc) is 3.50. The molecule has 0 amide bonds. The Hall–Kier alpha value is -6.90. The van der Waals surface area contributed by atoms with Crippen LogP contribution in [0.25, 0.3) is 97.9 Å². The SMILES string of the molecule is [C-]#[N+]c1ccc2c(c1)c1cc(-c3c4ccccc4c(-c4cc5cccnc5c5ncccc45)c4ccccc34)ccc1n2-c1cccnc1. The van der Waals surface area contributed by atoms with Gasteiger partial charge in [-0.15, -0.1) is 0 Å². The average molecular weight is 624 g/mol. The molecule has 6 aromatic carbocycles. The molecule has 0 atom stereocenters. The molecule has 10 aromatic rings. The van der Waals surface area contributed by atoms with Gasteiger partial charge in [0.2, 0.25) is 0 Å². The highest BCUT2D eigenvalue weighted by atomic mass is 15.0. The van der Waals surface area contributed by atoms with Gasteiger partial charge in [-0.3, -0.25) is 15.0 Å². The Morgan fingerprint density at radius 3 is 1.86 bits per heavy atom. The smallest absolute Gasteiger partial charge is 0.188 e. The highest BCUT2D eigenvalue weighted by Crippen LogP contribution is 2.47. The van der Waals surface area contributed by atoms with Gasteiger partial charge in [0.15, 0.2) is 5.69 Å². The van der Waals surface area contributed by atoms with Crippen molar-refractivity contribution in [2.45, 2.75) is 0 Å². The standard InChI is InChI=1S/C44H25N5/c1-45-29-17-19-40-37(25-29)36-23-27(16-18-39(36)49(40)30-10-7-20-46-26-30)41-31-11-2-4-13-33(31)42(34-14-5-3-12-32(34)41)38-24-28-9-6-21-47-43(28)44-35(38)15-8-22-48-44/h2-26H. The van der Waals surface area contributed by atoms with Crippen molar-refractivity contribution in [1.82, 2.24) is 19.5 Å². The molecular weight excluding hydrogens is 599 g/mol. The molecule has 0 saturated heterocycles. The van der Waals surface area contributed by atoms with Crippen LogP contribution in [-0.2, 0) is 0 Å². The van der Waals surface area contributed by atoms with Gasteiger partial charge in [-0.05, 0) is 104 Å². The number of fused-ring (bicyclic) bond motifs is 8. The Bertz CT molecular complexity index is 2950. The van der Waals surface area contributed by atoms with E-state index in [-0.39, 0.29) is 0 Å². The lowest BCUT2D eigenvalue weighted by Crippen LogP contribution is -1.94. The van der Waals surface area contributed by atoms with Crippen LogP contribution in [0.4, 0.5) is 5.69 Å². The summed E-state index contributed by atoms with van der Waals surface area (Å²) >= 11 is 0. The normalized spacial score (nSPS) is 11.7. The van der Waals surface area contributed by atoms with Gasteiger partial charge in [0.05, 0.1) is 40.5 Å². The second kappa shape index (κ2) is 10.6. The van der Waals surface area contributed by atoms with E-state index < -0.39 is 0 Å². The molecule has 226 valence electrons. The van der Waals surface area contributed by atoms with Gasteiger partial charge in [0.1, 0.15) is 0 Å². The van der Waals surface area contributed by atoms with Crippen LogP contribution in [0, 0.1) is 6.57 Å². The van der Waals surface area contributed by atoms with Crippen LogP contribution < -0.4 is 0 Å². The number of rotatable bonds is 3. The van der Waals surface area contributed by atoms with Crippen LogP contribution in [-0.4, -0.2) is 19.5 Å². The summed E-state index contributed by atoms with van der Waals surface area (Å²) < 4.78 is 2.24. The van der Waals surface area contributed by atoms with Gasteiger partial charge in [-0.1, -0.05) is 72.8 Å². The molecule has 0 radical (unpaired) electrons. The van der Waals surface area contributed by atoms with E-state index in [9.17, 15) is 0 Å². The largest absolute Gasteiger partial charge is 0.308 e. The first kappa shape index (κ1) is 27.2. The number of aromatic nitrogens is 4. The molecular formula is C44H25N5. The van der Waals surface area contributed by atoms with E-state index in [1.54, 1.807) is 6.20 Å². The molecule has 49 heavy (non-hydrogen) atoms. The second-order valence-corrected chi connectivity index (χ2v) is 12.3. The number of nitrogens with zero attached hydrogens (tertiary/aromatic N) is 5. The van der Waals surface area contributed by atoms with E-state index in [0.29, 0.717) is 5.69 Å². The molecule has 4 aromatic heterocycles. The fraction of sp³-hybridized carbons (Fsp3) is 0. The number of pyridine rings is 3. The van der Waals surface area contributed by atoms with E-state index >= 15 is 0 Å². The maximum atomic E-state index is 7.74. The van der Waals surface area contributed by atoms with Crippen molar-refractivity contribution in [3.63, 3.8) is 0 Å². The summed E-state index contributed by atoms with van der Waals surface area (Å²) in [6, 6.07) is 44.8. The van der Waals surface area contributed by atoms with E-state index in [2.05, 4.69) is 105 Å². The lowest BCUT2D eigenvalue weighted by molar-refractivity contribution is 1.14. The summed E-state index contributed by atoms with van der Waals surface area (Å²) in [5, 5.41) is 9.00. The quantitative estimate of drug-likeness (QED) is 0.112. The molecule has 0 unspecified atom stereocenters. The lowest BCUT2D eigenvalue weighted by Gasteiger charge is -2.19. The zero-order chi connectivity index (χ0) is 32.5. The van der Waals surface area contributed by atoms with Crippen molar-refractivity contribution in [3.05, 3.63) is 164 Å². The van der Waals surface area contributed by atoms with Crippen molar-refractivity contribution in [2.75, 3.05) is 0 Å². The van der Waals surface area contributed by atoms with Crippen LogP contribution in [0.15, 0.2) is 152 Å². The third-order valence-corrected chi connectivity index (χ3v) is 9.73. The molecule has 5 heteroatoms. The Morgan fingerprint density at radius 1 is 0.510 bits per heavy atom. The first-order valence-corrected chi connectivity index (χ1v) is 16.2. The van der Waals surface area contributed by atoms with Gasteiger partial charge in [-0.25, -0.2) is 4.85 Å². The van der Waals surface area contributed by atoms with Gasteiger partial charge in [-0.2, -0.15) is 0 Å². The molecule has 0 fully saturated rings. The third kappa shape index (κ3) is 4.01. The molecule has 0 aliphatic carbocycles. The van der Waals surface area contributed by atoms with Gasteiger partial charge in [0.25, 0.3) is 0 Å². The lowest BCUT2D eigenvalue weighted by atomic mass is 9.84. The minimum absolute atomic E-state index is 0.621. The Labute approximate surface area is 281 Å². The fourth-order valence-electron chi connectivity index (χ4n) is 7.71. The number of hydrogen-bond acceptors (Lipinski definition) is 3. The third-order valence-electron chi connectivity index (χ3n) is 9.73.